The number of carbonyl (C=O) groups excluding carboxylic acids is 1. The molecule has 0 saturated carbocycles. The third-order valence-corrected chi connectivity index (χ3v) is 8.29. The van der Waals surface area contributed by atoms with E-state index in [4.69, 9.17) is 4.74 Å². The van der Waals surface area contributed by atoms with Crippen LogP contribution in [0.5, 0.6) is 5.75 Å². The van der Waals surface area contributed by atoms with Crippen LogP contribution >= 0.6 is 67.8 Å². The summed E-state index contributed by atoms with van der Waals surface area (Å²) in [5.74, 6) is -0.404. The Kier molecular flexibility index (Phi) is 7.00. The smallest absolute Gasteiger partial charge is 0.344 e. The fourth-order valence-electron chi connectivity index (χ4n) is 2.50. The van der Waals surface area contributed by atoms with E-state index in [0.717, 1.165) is 16.8 Å². The van der Waals surface area contributed by atoms with Gasteiger partial charge in [0.05, 0.1) is 10.5 Å². The molecular formula is C19H10I3O5S-. The quantitative estimate of drug-likeness (QED) is 0.120. The highest BCUT2D eigenvalue weighted by Crippen LogP contribution is 2.32. The van der Waals surface area contributed by atoms with Gasteiger partial charge in [0, 0.05) is 16.3 Å². The Bertz CT molecular complexity index is 1160. The molecule has 0 aliphatic heterocycles. The van der Waals surface area contributed by atoms with Gasteiger partial charge in [0.1, 0.15) is 15.9 Å². The van der Waals surface area contributed by atoms with E-state index >= 15 is 0 Å². The standard InChI is InChI=1S/C19H11I3O5S/c20-12-8-15(18(22)16(21)9-12)19(23)27-13-6-7-17(28(24,25)26)14(10-13)11-4-2-1-3-5-11/h1-10H,(H,24,25,26)/p-1. The van der Waals surface area contributed by atoms with Crippen LogP contribution in [0.1, 0.15) is 10.4 Å². The van der Waals surface area contributed by atoms with Crippen molar-refractivity contribution < 1.29 is 22.5 Å². The maximum Gasteiger partial charge on any atom is 0.344 e. The summed E-state index contributed by atoms with van der Waals surface area (Å²) in [5.41, 5.74) is 1.14. The number of hydrogen-bond acceptors (Lipinski definition) is 5. The zero-order valence-electron chi connectivity index (χ0n) is 13.9. The number of halogens is 3. The first kappa shape index (κ1) is 21.9. The Labute approximate surface area is 203 Å². The summed E-state index contributed by atoms with van der Waals surface area (Å²) in [6.07, 6.45) is 0. The predicted octanol–water partition coefficient (Wildman–Crippen LogP) is 5.29. The molecule has 9 heteroatoms. The normalized spacial score (nSPS) is 11.3. The van der Waals surface area contributed by atoms with Crippen LogP contribution in [0.4, 0.5) is 0 Å². The largest absolute Gasteiger partial charge is 0.744 e. The van der Waals surface area contributed by atoms with Gasteiger partial charge in [-0.2, -0.15) is 0 Å². The number of rotatable bonds is 4. The van der Waals surface area contributed by atoms with Crippen LogP contribution in [0.15, 0.2) is 65.6 Å². The van der Waals surface area contributed by atoms with Crippen molar-refractivity contribution in [1.29, 1.82) is 0 Å². The number of esters is 1. The summed E-state index contributed by atoms with van der Waals surface area (Å²) >= 11 is 6.34. The Hall–Kier alpha value is -0.770. The lowest BCUT2D eigenvalue weighted by Gasteiger charge is -2.15. The molecule has 0 heterocycles. The van der Waals surface area contributed by atoms with Gasteiger partial charge < -0.3 is 9.29 Å². The first-order valence-electron chi connectivity index (χ1n) is 7.69. The Balaban J connectivity index is 2.04. The molecule has 0 aliphatic carbocycles. The van der Waals surface area contributed by atoms with Crippen LogP contribution in [0.25, 0.3) is 11.1 Å². The molecule has 0 N–H and O–H groups in total. The van der Waals surface area contributed by atoms with Crippen LogP contribution in [0.3, 0.4) is 0 Å². The molecule has 3 aromatic rings. The lowest BCUT2D eigenvalue weighted by molar-refractivity contribution is 0.0733. The van der Waals surface area contributed by atoms with Gasteiger partial charge in [0.25, 0.3) is 0 Å². The molecule has 0 aliphatic rings. The fourth-order valence-corrected chi connectivity index (χ4v) is 5.56. The average molecular weight is 731 g/mol. The monoisotopic (exact) mass is 731 g/mol. The van der Waals surface area contributed by atoms with Crippen LogP contribution < -0.4 is 4.74 Å². The highest BCUT2D eigenvalue weighted by Gasteiger charge is 2.18. The first-order valence-corrected chi connectivity index (χ1v) is 12.3. The van der Waals surface area contributed by atoms with Crippen molar-refractivity contribution >= 4 is 83.9 Å². The molecule has 5 nitrogen and oxygen atoms in total. The van der Waals surface area contributed by atoms with Gasteiger partial charge in [0.2, 0.25) is 0 Å². The highest BCUT2D eigenvalue weighted by molar-refractivity contribution is 14.1. The SMILES string of the molecule is O=C(Oc1ccc(S(=O)(=O)[O-])c(-c2ccccc2)c1)c1cc(I)cc(I)c1I. The van der Waals surface area contributed by atoms with E-state index in [2.05, 4.69) is 67.8 Å². The van der Waals surface area contributed by atoms with E-state index in [9.17, 15) is 17.8 Å². The lowest BCUT2D eigenvalue weighted by atomic mass is 10.1. The minimum atomic E-state index is -4.69. The van der Waals surface area contributed by atoms with Crippen molar-refractivity contribution in [2.45, 2.75) is 4.90 Å². The van der Waals surface area contributed by atoms with Crippen molar-refractivity contribution in [2.75, 3.05) is 0 Å². The van der Waals surface area contributed by atoms with Gasteiger partial charge in [-0.1, -0.05) is 30.3 Å². The molecular weight excluding hydrogens is 721 g/mol. The Morgan fingerprint density at radius 1 is 0.929 bits per heavy atom. The van der Waals surface area contributed by atoms with E-state index in [0.29, 0.717) is 11.1 Å². The number of ether oxygens (including phenoxy) is 1. The molecule has 0 bridgehead atoms. The molecule has 28 heavy (non-hydrogen) atoms. The molecule has 0 saturated heterocycles. The van der Waals surface area contributed by atoms with Gasteiger partial charge in [-0.15, -0.1) is 0 Å². The minimum Gasteiger partial charge on any atom is -0.744 e. The van der Waals surface area contributed by atoms with E-state index in [1.54, 1.807) is 36.4 Å². The lowest BCUT2D eigenvalue weighted by Crippen LogP contribution is -2.12. The van der Waals surface area contributed by atoms with Crippen LogP contribution in [0, 0.1) is 10.7 Å². The Morgan fingerprint density at radius 3 is 2.25 bits per heavy atom. The summed E-state index contributed by atoms with van der Waals surface area (Å²) in [5, 5.41) is 0. The summed E-state index contributed by atoms with van der Waals surface area (Å²) in [6.45, 7) is 0. The van der Waals surface area contributed by atoms with E-state index in [1.807, 2.05) is 6.07 Å². The zero-order valence-corrected chi connectivity index (χ0v) is 21.1. The van der Waals surface area contributed by atoms with Crippen molar-refractivity contribution in [1.82, 2.24) is 0 Å². The Morgan fingerprint density at radius 2 is 1.61 bits per heavy atom. The number of hydrogen-bond donors (Lipinski definition) is 0. The third kappa shape index (κ3) is 5.04. The summed E-state index contributed by atoms with van der Waals surface area (Å²) < 4.78 is 43.0. The van der Waals surface area contributed by atoms with Crippen molar-refractivity contribution in [3.8, 4) is 16.9 Å². The molecule has 0 aromatic heterocycles. The minimum absolute atomic E-state index is 0.154. The molecule has 144 valence electrons. The third-order valence-electron chi connectivity index (χ3n) is 3.73. The molecule has 0 radical (unpaired) electrons. The fraction of sp³-hybridized carbons (Fsp3) is 0. The second-order valence-electron chi connectivity index (χ2n) is 5.62. The summed E-state index contributed by atoms with van der Waals surface area (Å²) in [6, 6.07) is 16.1. The first-order chi connectivity index (χ1) is 13.2. The maximum absolute atomic E-state index is 12.7. The van der Waals surface area contributed by atoms with Gasteiger partial charge in [-0.25, -0.2) is 13.2 Å². The topological polar surface area (TPSA) is 83.5 Å². The molecule has 0 unspecified atom stereocenters. The molecule has 3 aromatic carbocycles. The van der Waals surface area contributed by atoms with Crippen molar-refractivity contribution in [3.05, 3.63) is 76.9 Å². The van der Waals surface area contributed by atoms with Gasteiger partial charge in [-0.3, -0.25) is 0 Å². The van der Waals surface area contributed by atoms with E-state index < -0.39 is 16.1 Å². The second kappa shape index (κ2) is 8.93. The summed E-state index contributed by atoms with van der Waals surface area (Å²) in [7, 11) is -4.69. The molecule has 0 fully saturated rings. The molecule has 0 amide bonds. The van der Waals surface area contributed by atoms with E-state index in [-0.39, 0.29) is 16.2 Å². The van der Waals surface area contributed by atoms with Crippen LogP contribution in [-0.2, 0) is 10.1 Å². The zero-order chi connectivity index (χ0) is 20.5. The highest BCUT2D eigenvalue weighted by atomic mass is 127. The van der Waals surface area contributed by atoms with Gasteiger partial charge in [0.15, 0.2) is 0 Å². The van der Waals surface area contributed by atoms with Crippen molar-refractivity contribution in [3.63, 3.8) is 0 Å². The van der Waals surface area contributed by atoms with Crippen LogP contribution in [0.2, 0.25) is 0 Å². The van der Waals surface area contributed by atoms with E-state index in [1.165, 1.54) is 12.1 Å². The molecule has 0 atom stereocenters. The average Bonchev–Trinajstić information content (AvgIpc) is 2.64. The second-order valence-corrected chi connectivity index (χ2v) is 10.5. The molecule has 0 spiro atoms. The maximum atomic E-state index is 12.7. The number of carbonyl (C=O) groups is 1. The van der Waals surface area contributed by atoms with Crippen LogP contribution in [-0.4, -0.2) is 18.9 Å². The van der Waals surface area contributed by atoms with Gasteiger partial charge in [-0.05, 0) is 104 Å². The summed E-state index contributed by atoms with van der Waals surface area (Å²) in [4.78, 5) is 12.3. The number of benzene rings is 3. The molecule has 3 rings (SSSR count). The predicted molar refractivity (Wildman–Crippen MR) is 129 cm³/mol. The van der Waals surface area contributed by atoms with Crippen molar-refractivity contribution in [2.24, 2.45) is 0 Å². The van der Waals surface area contributed by atoms with Gasteiger partial charge >= 0.3 is 5.97 Å².